The monoisotopic (exact) mass is 285 g/mol. The molecule has 0 heterocycles. The fourth-order valence-electron chi connectivity index (χ4n) is 1.92. The van der Waals surface area contributed by atoms with Crippen LogP contribution in [0.1, 0.15) is 22.3 Å². The lowest BCUT2D eigenvalue weighted by molar-refractivity contribution is 0.594. The van der Waals surface area contributed by atoms with Gasteiger partial charge in [-0.3, -0.25) is 0 Å². The minimum atomic E-state index is -3.20. The van der Waals surface area contributed by atoms with Gasteiger partial charge in [0.25, 0.3) is 0 Å². The molecule has 0 N–H and O–H groups in total. The molecule has 0 atom stereocenters. The summed E-state index contributed by atoms with van der Waals surface area (Å²) in [6.07, 6.45) is 0. The van der Waals surface area contributed by atoms with Gasteiger partial charge in [-0.15, -0.1) is 0 Å². The van der Waals surface area contributed by atoms with E-state index in [1.165, 1.54) is 0 Å². The quantitative estimate of drug-likeness (QED) is 0.867. The fourth-order valence-corrected chi connectivity index (χ4v) is 3.42. The van der Waals surface area contributed by atoms with Gasteiger partial charge in [-0.1, -0.05) is 42.0 Å². The van der Waals surface area contributed by atoms with Crippen LogP contribution >= 0.6 is 0 Å². The normalized spacial score (nSPS) is 11.0. The van der Waals surface area contributed by atoms with Gasteiger partial charge >= 0.3 is 0 Å². The van der Waals surface area contributed by atoms with Crippen LogP contribution in [0.5, 0.6) is 0 Å². The SMILES string of the molecule is Cc1ccc(CS(=O)(=O)Cc2ccc(C#N)cc2)cc1. The Balaban J connectivity index is 2.10. The molecular formula is C16H15NO2S. The molecule has 3 nitrogen and oxygen atoms in total. The van der Waals surface area contributed by atoms with Crippen LogP contribution in [-0.2, 0) is 21.3 Å². The maximum atomic E-state index is 12.1. The van der Waals surface area contributed by atoms with Crippen molar-refractivity contribution in [2.24, 2.45) is 0 Å². The van der Waals surface area contributed by atoms with Gasteiger partial charge in [-0.25, -0.2) is 8.42 Å². The highest BCUT2D eigenvalue weighted by Crippen LogP contribution is 2.14. The lowest BCUT2D eigenvalue weighted by Crippen LogP contribution is -2.07. The van der Waals surface area contributed by atoms with Crippen LogP contribution in [0.25, 0.3) is 0 Å². The summed E-state index contributed by atoms with van der Waals surface area (Å²) in [6, 6.07) is 16.2. The zero-order chi connectivity index (χ0) is 14.6. The number of hydrogen-bond acceptors (Lipinski definition) is 3. The molecule has 0 saturated heterocycles. The van der Waals surface area contributed by atoms with Crippen LogP contribution < -0.4 is 0 Å². The smallest absolute Gasteiger partial charge is 0.158 e. The predicted octanol–water partition coefficient (Wildman–Crippen LogP) is 2.98. The van der Waals surface area contributed by atoms with Gasteiger partial charge < -0.3 is 0 Å². The van der Waals surface area contributed by atoms with Crippen LogP contribution in [0.4, 0.5) is 0 Å². The first-order valence-corrected chi connectivity index (χ1v) is 8.06. The lowest BCUT2D eigenvalue weighted by Gasteiger charge is -2.05. The lowest BCUT2D eigenvalue weighted by atomic mass is 10.2. The van der Waals surface area contributed by atoms with Crippen LogP contribution in [0.3, 0.4) is 0 Å². The maximum absolute atomic E-state index is 12.1. The van der Waals surface area contributed by atoms with Crippen molar-refractivity contribution in [3.8, 4) is 6.07 Å². The zero-order valence-electron chi connectivity index (χ0n) is 11.2. The topological polar surface area (TPSA) is 57.9 Å². The molecule has 2 rings (SSSR count). The van der Waals surface area contributed by atoms with Crippen LogP contribution in [0.2, 0.25) is 0 Å². The van der Waals surface area contributed by atoms with Crippen LogP contribution in [0.15, 0.2) is 48.5 Å². The average Bonchev–Trinajstić information content (AvgIpc) is 2.41. The van der Waals surface area contributed by atoms with Gasteiger partial charge in [-0.05, 0) is 30.2 Å². The highest BCUT2D eigenvalue weighted by molar-refractivity contribution is 7.89. The van der Waals surface area contributed by atoms with Gasteiger partial charge in [0.2, 0.25) is 0 Å². The molecule has 0 amide bonds. The first-order valence-electron chi connectivity index (χ1n) is 6.23. The predicted molar refractivity (Wildman–Crippen MR) is 78.7 cm³/mol. The highest BCUT2D eigenvalue weighted by Gasteiger charge is 2.13. The summed E-state index contributed by atoms with van der Waals surface area (Å²) < 4.78 is 24.3. The number of benzene rings is 2. The molecule has 0 spiro atoms. The minimum absolute atomic E-state index is 0.00736. The Kier molecular flexibility index (Phi) is 4.21. The summed E-state index contributed by atoms with van der Waals surface area (Å²) in [7, 11) is -3.20. The van der Waals surface area contributed by atoms with Crippen molar-refractivity contribution in [2.75, 3.05) is 0 Å². The van der Waals surface area contributed by atoms with E-state index in [4.69, 9.17) is 5.26 Å². The van der Waals surface area contributed by atoms with E-state index in [-0.39, 0.29) is 11.5 Å². The van der Waals surface area contributed by atoms with E-state index in [0.29, 0.717) is 11.1 Å². The first-order chi connectivity index (χ1) is 9.48. The van der Waals surface area contributed by atoms with Gasteiger partial charge in [0, 0.05) is 0 Å². The molecule has 0 fully saturated rings. The molecule has 4 heteroatoms. The van der Waals surface area contributed by atoms with E-state index in [0.717, 1.165) is 11.1 Å². The molecule has 0 aliphatic rings. The standard InChI is InChI=1S/C16H15NO2S/c1-13-2-4-15(5-3-13)11-20(18,19)12-16-8-6-14(10-17)7-9-16/h2-9H,11-12H2,1H3. The summed E-state index contributed by atoms with van der Waals surface area (Å²) in [5.74, 6) is 0.0276. The van der Waals surface area contributed by atoms with Crippen LogP contribution in [-0.4, -0.2) is 8.42 Å². The molecule has 2 aromatic rings. The third kappa shape index (κ3) is 3.94. The summed E-state index contributed by atoms with van der Waals surface area (Å²) in [4.78, 5) is 0. The van der Waals surface area contributed by atoms with Crippen molar-refractivity contribution < 1.29 is 8.42 Å². The van der Waals surface area contributed by atoms with E-state index in [9.17, 15) is 8.42 Å². The molecule has 0 aliphatic carbocycles. The fraction of sp³-hybridized carbons (Fsp3) is 0.188. The number of sulfone groups is 1. The Morgan fingerprint density at radius 2 is 1.35 bits per heavy atom. The number of aryl methyl sites for hydroxylation is 1. The molecule has 102 valence electrons. The molecule has 0 unspecified atom stereocenters. The van der Waals surface area contributed by atoms with Crippen LogP contribution in [0, 0.1) is 18.3 Å². The van der Waals surface area contributed by atoms with Crippen molar-refractivity contribution >= 4 is 9.84 Å². The van der Waals surface area contributed by atoms with Gasteiger partial charge in [-0.2, -0.15) is 5.26 Å². The third-order valence-corrected chi connectivity index (χ3v) is 4.52. The molecule has 0 bridgehead atoms. The Morgan fingerprint density at radius 1 is 0.900 bits per heavy atom. The first kappa shape index (κ1) is 14.3. The van der Waals surface area contributed by atoms with Crippen molar-refractivity contribution in [1.29, 1.82) is 5.26 Å². The number of hydrogen-bond donors (Lipinski definition) is 0. The molecule has 0 aliphatic heterocycles. The van der Waals surface area contributed by atoms with Gasteiger partial charge in [0.05, 0.1) is 23.1 Å². The second-order valence-electron chi connectivity index (χ2n) is 4.83. The van der Waals surface area contributed by atoms with E-state index < -0.39 is 9.84 Å². The van der Waals surface area contributed by atoms with Crippen molar-refractivity contribution in [3.05, 3.63) is 70.8 Å². The molecule has 2 aromatic carbocycles. The largest absolute Gasteiger partial charge is 0.228 e. The second kappa shape index (κ2) is 5.89. The summed E-state index contributed by atoms with van der Waals surface area (Å²) in [5, 5.41) is 8.71. The maximum Gasteiger partial charge on any atom is 0.158 e. The Hall–Kier alpha value is -2.12. The summed E-state index contributed by atoms with van der Waals surface area (Å²) in [5.41, 5.74) is 3.14. The zero-order valence-corrected chi connectivity index (χ0v) is 12.0. The van der Waals surface area contributed by atoms with Crippen molar-refractivity contribution in [1.82, 2.24) is 0 Å². The highest BCUT2D eigenvalue weighted by atomic mass is 32.2. The van der Waals surface area contributed by atoms with E-state index in [1.54, 1.807) is 24.3 Å². The molecule has 0 saturated carbocycles. The van der Waals surface area contributed by atoms with Crippen molar-refractivity contribution in [3.63, 3.8) is 0 Å². The molecular weight excluding hydrogens is 270 g/mol. The van der Waals surface area contributed by atoms with Gasteiger partial charge in [0.1, 0.15) is 0 Å². The minimum Gasteiger partial charge on any atom is -0.228 e. The second-order valence-corrected chi connectivity index (χ2v) is 6.89. The molecule has 20 heavy (non-hydrogen) atoms. The Morgan fingerprint density at radius 3 is 1.80 bits per heavy atom. The van der Waals surface area contributed by atoms with E-state index >= 15 is 0 Å². The summed E-state index contributed by atoms with van der Waals surface area (Å²) >= 11 is 0. The Labute approximate surface area is 119 Å². The van der Waals surface area contributed by atoms with Gasteiger partial charge in [0.15, 0.2) is 9.84 Å². The molecule has 0 radical (unpaired) electrons. The van der Waals surface area contributed by atoms with Crippen molar-refractivity contribution in [2.45, 2.75) is 18.4 Å². The van der Waals surface area contributed by atoms with E-state index in [2.05, 4.69) is 0 Å². The third-order valence-electron chi connectivity index (χ3n) is 2.98. The van der Waals surface area contributed by atoms with E-state index in [1.807, 2.05) is 37.3 Å². The molecule has 0 aromatic heterocycles. The Bertz CT molecular complexity index is 724. The number of rotatable bonds is 4. The average molecular weight is 285 g/mol. The number of nitrogens with zero attached hydrogens (tertiary/aromatic N) is 1. The number of nitriles is 1. The summed E-state index contributed by atoms with van der Waals surface area (Å²) in [6.45, 7) is 1.97.